The van der Waals surface area contributed by atoms with Gasteiger partial charge in [-0.2, -0.15) is 0 Å². The lowest BCUT2D eigenvalue weighted by Crippen LogP contribution is -2.32. The molecular weight excluding hydrogens is 238 g/mol. The number of carbonyl (C=O) groups is 1. The lowest BCUT2D eigenvalue weighted by atomic mass is 10.1. The van der Waals surface area contributed by atoms with Crippen molar-refractivity contribution in [2.24, 2.45) is 0 Å². The number of carbonyl (C=O) groups excluding carboxylic acids is 1. The van der Waals surface area contributed by atoms with Crippen LogP contribution in [-0.4, -0.2) is 18.6 Å². The SMILES string of the molecule is O=C(OCc1cccc2ccccc12)[C@@H]1CCCN1. The van der Waals surface area contributed by atoms with E-state index in [1.54, 1.807) is 0 Å². The Morgan fingerprint density at radius 1 is 1.21 bits per heavy atom. The van der Waals surface area contributed by atoms with E-state index >= 15 is 0 Å². The third-order valence-corrected chi connectivity index (χ3v) is 3.59. The second-order valence-electron chi connectivity index (χ2n) is 4.89. The molecule has 0 aliphatic carbocycles. The summed E-state index contributed by atoms with van der Waals surface area (Å²) in [6.07, 6.45) is 1.93. The molecule has 1 aliphatic rings. The molecule has 3 nitrogen and oxygen atoms in total. The zero-order valence-corrected chi connectivity index (χ0v) is 10.8. The lowest BCUT2D eigenvalue weighted by molar-refractivity contribution is -0.147. The standard InChI is InChI=1S/C16H17NO2/c18-16(15-9-4-10-17-15)19-11-13-7-3-6-12-5-1-2-8-14(12)13/h1-3,5-8,15,17H,4,9-11H2/t15-/m0/s1. The predicted molar refractivity (Wildman–Crippen MR) is 74.8 cm³/mol. The molecule has 0 aromatic heterocycles. The number of benzene rings is 2. The minimum absolute atomic E-state index is 0.116. The lowest BCUT2D eigenvalue weighted by Gasteiger charge is -2.11. The van der Waals surface area contributed by atoms with Crippen LogP contribution in [0.1, 0.15) is 18.4 Å². The highest BCUT2D eigenvalue weighted by Gasteiger charge is 2.23. The highest BCUT2D eigenvalue weighted by atomic mass is 16.5. The number of ether oxygens (including phenoxy) is 1. The van der Waals surface area contributed by atoms with E-state index in [4.69, 9.17) is 4.74 Å². The Kier molecular flexibility index (Phi) is 3.47. The summed E-state index contributed by atoms with van der Waals surface area (Å²) < 4.78 is 5.42. The molecule has 0 amide bonds. The topological polar surface area (TPSA) is 38.3 Å². The molecule has 3 heteroatoms. The van der Waals surface area contributed by atoms with Gasteiger partial charge in [-0.05, 0) is 35.7 Å². The fourth-order valence-electron chi connectivity index (χ4n) is 2.55. The first-order valence-electron chi connectivity index (χ1n) is 6.71. The molecule has 1 heterocycles. The first-order valence-corrected chi connectivity index (χ1v) is 6.71. The smallest absolute Gasteiger partial charge is 0.323 e. The van der Waals surface area contributed by atoms with Gasteiger partial charge in [-0.1, -0.05) is 42.5 Å². The van der Waals surface area contributed by atoms with Crippen molar-refractivity contribution in [2.75, 3.05) is 6.54 Å². The monoisotopic (exact) mass is 255 g/mol. The number of nitrogens with one attached hydrogen (secondary N) is 1. The molecule has 1 atom stereocenters. The van der Waals surface area contributed by atoms with Gasteiger partial charge < -0.3 is 10.1 Å². The van der Waals surface area contributed by atoms with Crippen LogP contribution < -0.4 is 5.32 Å². The average Bonchev–Trinajstić information content (AvgIpc) is 2.99. The largest absolute Gasteiger partial charge is 0.460 e. The van der Waals surface area contributed by atoms with Crippen molar-refractivity contribution in [1.29, 1.82) is 0 Å². The summed E-state index contributed by atoms with van der Waals surface area (Å²) in [4.78, 5) is 11.9. The van der Waals surface area contributed by atoms with Gasteiger partial charge in [0.05, 0.1) is 0 Å². The molecule has 1 N–H and O–H groups in total. The van der Waals surface area contributed by atoms with Crippen molar-refractivity contribution in [1.82, 2.24) is 5.32 Å². The highest BCUT2D eigenvalue weighted by Crippen LogP contribution is 2.19. The van der Waals surface area contributed by atoms with Gasteiger partial charge in [0.15, 0.2) is 0 Å². The van der Waals surface area contributed by atoms with Gasteiger partial charge in [-0.3, -0.25) is 4.79 Å². The van der Waals surface area contributed by atoms with Crippen molar-refractivity contribution >= 4 is 16.7 Å². The number of esters is 1. The van der Waals surface area contributed by atoms with E-state index in [1.807, 2.05) is 24.3 Å². The van der Waals surface area contributed by atoms with Gasteiger partial charge in [-0.15, -0.1) is 0 Å². The van der Waals surface area contributed by atoms with E-state index < -0.39 is 0 Å². The second-order valence-corrected chi connectivity index (χ2v) is 4.89. The third-order valence-electron chi connectivity index (χ3n) is 3.59. The van der Waals surface area contributed by atoms with Crippen LogP contribution >= 0.6 is 0 Å². The second kappa shape index (κ2) is 5.41. The summed E-state index contributed by atoms with van der Waals surface area (Å²) in [7, 11) is 0. The molecule has 1 saturated heterocycles. The number of fused-ring (bicyclic) bond motifs is 1. The maximum absolute atomic E-state index is 11.9. The van der Waals surface area contributed by atoms with Gasteiger partial charge in [0.25, 0.3) is 0 Å². The van der Waals surface area contributed by atoms with Crippen molar-refractivity contribution in [3.63, 3.8) is 0 Å². The molecule has 0 saturated carbocycles. The number of hydrogen-bond donors (Lipinski definition) is 1. The zero-order chi connectivity index (χ0) is 13.1. The van der Waals surface area contributed by atoms with Crippen LogP contribution in [0.15, 0.2) is 42.5 Å². The van der Waals surface area contributed by atoms with Crippen LogP contribution in [0.5, 0.6) is 0 Å². The molecule has 2 aromatic carbocycles. The molecule has 0 spiro atoms. The van der Waals surface area contributed by atoms with Crippen LogP contribution in [-0.2, 0) is 16.1 Å². The van der Waals surface area contributed by atoms with Crippen LogP contribution in [0.25, 0.3) is 10.8 Å². The van der Waals surface area contributed by atoms with E-state index in [1.165, 1.54) is 5.39 Å². The van der Waals surface area contributed by atoms with Crippen LogP contribution in [0, 0.1) is 0 Å². The van der Waals surface area contributed by atoms with Crippen molar-refractivity contribution in [3.05, 3.63) is 48.0 Å². The molecule has 0 bridgehead atoms. The summed E-state index contributed by atoms with van der Waals surface area (Å²) in [5.41, 5.74) is 1.06. The first-order chi connectivity index (χ1) is 9.34. The first kappa shape index (κ1) is 12.2. The Balaban J connectivity index is 1.73. The molecule has 1 aliphatic heterocycles. The van der Waals surface area contributed by atoms with Gasteiger partial charge in [0, 0.05) is 0 Å². The highest BCUT2D eigenvalue weighted by molar-refractivity contribution is 5.85. The minimum Gasteiger partial charge on any atom is -0.460 e. The molecule has 3 rings (SSSR count). The van der Waals surface area contributed by atoms with E-state index in [0.717, 1.165) is 30.3 Å². The predicted octanol–water partition coefficient (Wildman–Crippen LogP) is 2.64. The molecule has 98 valence electrons. The minimum atomic E-state index is -0.134. The maximum Gasteiger partial charge on any atom is 0.323 e. The van der Waals surface area contributed by atoms with E-state index in [-0.39, 0.29) is 12.0 Å². The van der Waals surface area contributed by atoms with Crippen molar-refractivity contribution in [3.8, 4) is 0 Å². The maximum atomic E-state index is 11.9. The fraction of sp³-hybridized carbons (Fsp3) is 0.312. The summed E-state index contributed by atoms with van der Waals surface area (Å²) in [6, 6.07) is 14.1. The van der Waals surface area contributed by atoms with Crippen molar-refractivity contribution < 1.29 is 9.53 Å². The molecule has 1 fully saturated rings. The molecular formula is C16H17NO2. The summed E-state index contributed by atoms with van der Waals surface area (Å²) in [5, 5.41) is 5.48. The summed E-state index contributed by atoms with van der Waals surface area (Å²) >= 11 is 0. The summed E-state index contributed by atoms with van der Waals surface area (Å²) in [5.74, 6) is -0.134. The summed E-state index contributed by atoms with van der Waals surface area (Å²) in [6.45, 7) is 1.26. The molecule has 0 unspecified atom stereocenters. The molecule has 0 radical (unpaired) electrons. The average molecular weight is 255 g/mol. The Morgan fingerprint density at radius 3 is 2.89 bits per heavy atom. The van der Waals surface area contributed by atoms with Crippen LogP contribution in [0.3, 0.4) is 0 Å². The van der Waals surface area contributed by atoms with Crippen LogP contribution in [0.4, 0.5) is 0 Å². The number of rotatable bonds is 3. The Bertz CT molecular complexity index is 583. The Labute approximate surface area is 112 Å². The van der Waals surface area contributed by atoms with Gasteiger partial charge >= 0.3 is 5.97 Å². The van der Waals surface area contributed by atoms with Crippen LogP contribution in [0.2, 0.25) is 0 Å². The number of hydrogen-bond acceptors (Lipinski definition) is 3. The van der Waals surface area contributed by atoms with E-state index in [2.05, 4.69) is 23.5 Å². The van der Waals surface area contributed by atoms with E-state index in [9.17, 15) is 4.79 Å². The normalized spacial score (nSPS) is 18.6. The Hall–Kier alpha value is -1.87. The van der Waals surface area contributed by atoms with Crippen molar-refractivity contribution in [2.45, 2.75) is 25.5 Å². The molecule has 19 heavy (non-hydrogen) atoms. The third kappa shape index (κ3) is 2.61. The zero-order valence-electron chi connectivity index (χ0n) is 10.8. The Morgan fingerprint density at radius 2 is 2.05 bits per heavy atom. The van der Waals surface area contributed by atoms with Gasteiger partial charge in [-0.25, -0.2) is 0 Å². The van der Waals surface area contributed by atoms with E-state index in [0.29, 0.717) is 6.61 Å². The van der Waals surface area contributed by atoms with Gasteiger partial charge in [0.2, 0.25) is 0 Å². The molecule has 2 aromatic rings. The fourth-order valence-corrected chi connectivity index (χ4v) is 2.55. The quantitative estimate of drug-likeness (QED) is 0.857. The van der Waals surface area contributed by atoms with Gasteiger partial charge in [0.1, 0.15) is 12.6 Å².